The van der Waals surface area contributed by atoms with E-state index < -0.39 is 6.03 Å². The van der Waals surface area contributed by atoms with Gasteiger partial charge in [0.2, 0.25) is 5.91 Å². The molecule has 0 radical (unpaired) electrons. The summed E-state index contributed by atoms with van der Waals surface area (Å²) in [6, 6.07) is 9.16. The van der Waals surface area contributed by atoms with Gasteiger partial charge in [0.25, 0.3) is 0 Å². The summed E-state index contributed by atoms with van der Waals surface area (Å²) in [6.45, 7) is 7.56. The molecule has 1 aromatic rings. The SMILES string of the molecule is CCN1CCN(CC(=O)NC(=O)NCc2ccccc2)CC1. The Balaban J connectivity index is 1.65. The normalized spacial score (nSPS) is 16.2. The third-order valence-corrected chi connectivity index (χ3v) is 3.83. The molecule has 1 heterocycles. The molecule has 6 nitrogen and oxygen atoms in total. The van der Waals surface area contributed by atoms with Crippen molar-refractivity contribution in [3.63, 3.8) is 0 Å². The number of nitrogens with one attached hydrogen (secondary N) is 2. The minimum absolute atomic E-state index is 0.254. The molecule has 3 amide bonds. The number of carbonyl (C=O) groups excluding carboxylic acids is 2. The second-order valence-corrected chi connectivity index (χ2v) is 5.43. The van der Waals surface area contributed by atoms with E-state index in [9.17, 15) is 9.59 Å². The summed E-state index contributed by atoms with van der Waals surface area (Å²) in [5.41, 5.74) is 1.00. The summed E-state index contributed by atoms with van der Waals surface area (Å²) < 4.78 is 0. The van der Waals surface area contributed by atoms with E-state index in [4.69, 9.17) is 0 Å². The second kappa shape index (κ2) is 8.51. The van der Waals surface area contributed by atoms with Crippen LogP contribution < -0.4 is 10.6 Å². The van der Waals surface area contributed by atoms with Crippen LogP contribution in [0.25, 0.3) is 0 Å². The largest absolute Gasteiger partial charge is 0.334 e. The van der Waals surface area contributed by atoms with Gasteiger partial charge in [0.15, 0.2) is 0 Å². The molecule has 1 aromatic carbocycles. The standard InChI is InChI=1S/C16H24N4O2/c1-2-19-8-10-20(11-9-19)13-15(21)18-16(22)17-12-14-6-4-3-5-7-14/h3-7H,2,8-13H2,1H3,(H2,17,18,21,22). The average molecular weight is 304 g/mol. The highest BCUT2D eigenvalue weighted by molar-refractivity contribution is 5.95. The molecule has 2 rings (SSSR count). The first-order valence-corrected chi connectivity index (χ1v) is 7.73. The fourth-order valence-corrected chi connectivity index (χ4v) is 2.46. The summed E-state index contributed by atoms with van der Waals surface area (Å²) in [6.07, 6.45) is 0. The van der Waals surface area contributed by atoms with Crippen molar-refractivity contribution >= 4 is 11.9 Å². The number of urea groups is 1. The number of hydrogen-bond acceptors (Lipinski definition) is 4. The van der Waals surface area contributed by atoms with Gasteiger partial charge in [0, 0.05) is 32.7 Å². The molecule has 1 saturated heterocycles. The lowest BCUT2D eigenvalue weighted by Gasteiger charge is -2.33. The van der Waals surface area contributed by atoms with Gasteiger partial charge in [-0.05, 0) is 12.1 Å². The lowest BCUT2D eigenvalue weighted by Crippen LogP contribution is -2.50. The number of piperazine rings is 1. The van der Waals surface area contributed by atoms with Crippen LogP contribution in [0, 0.1) is 0 Å². The van der Waals surface area contributed by atoms with Crippen molar-refractivity contribution in [1.82, 2.24) is 20.4 Å². The van der Waals surface area contributed by atoms with Gasteiger partial charge in [-0.15, -0.1) is 0 Å². The number of rotatable bonds is 5. The Hall–Kier alpha value is -1.92. The van der Waals surface area contributed by atoms with Crippen LogP contribution >= 0.6 is 0 Å². The van der Waals surface area contributed by atoms with Crippen molar-refractivity contribution in [1.29, 1.82) is 0 Å². The lowest BCUT2D eigenvalue weighted by atomic mass is 10.2. The molecule has 0 aromatic heterocycles. The van der Waals surface area contributed by atoms with Gasteiger partial charge < -0.3 is 10.2 Å². The smallest absolute Gasteiger partial charge is 0.321 e. The quantitative estimate of drug-likeness (QED) is 0.838. The van der Waals surface area contributed by atoms with Crippen LogP contribution in [0.3, 0.4) is 0 Å². The highest BCUT2D eigenvalue weighted by Crippen LogP contribution is 2.00. The van der Waals surface area contributed by atoms with Gasteiger partial charge in [0.1, 0.15) is 0 Å². The number of benzene rings is 1. The van der Waals surface area contributed by atoms with Crippen LogP contribution in [0.1, 0.15) is 12.5 Å². The van der Waals surface area contributed by atoms with Crippen molar-refractivity contribution in [2.24, 2.45) is 0 Å². The Kier molecular flexibility index (Phi) is 6.36. The summed E-state index contributed by atoms with van der Waals surface area (Å²) in [5, 5.41) is 5.06. The molecule has 0 atom stereocenters. The predicted molar refractivity (Wildman–Crippen MR) is 85.4 cm³/mol. The maximum Gasteiger partial charge on any atom is 0.321 e. The summed E-state index contributed by atoms with van der Waals surface area (Å²) >= 11 is 0. The maximum absolute atomic E-state index is 11.9. The minimum atomic E-state index is -0.443. The summed E-state index contributed by atoms with van der Waals surface area (Å²) in [7, 11) is 0. The first-order valence-electron chi connectivity index (χ1n) is 7.73. The number of nitrogens with zero attached hydrogens (tertiary/aromatic N) is 2. The molecule has 1 fully saturated rings. The van der Waals surface area contributed by atoms with Gasteiger partial charge in [0.05, 0.1) is 6.54 Å². The van der Waals surface area contributed by atoms with E-state index in [-0.39, 0.29) is 12.5 Å². The van der Waals surface area contributed by atoms with Gasteiger partial charge in [-0.2, -0.15) is 0 Å². The Morgan fingerprint density at radius 2 is 1.68 bits per heavy atom. The van der Waals surface area contributed by atoms with Crippen molar-refractivity contribution in [3.8, 4) is 0 Å². The molecular weight excluding hydrogens is 280 g/mol. The molecule has 0 saturated carbocycles. The highest BCUT2D eigenvalue weighted by Gasteiger charge is 2.18. The van der Waals surface area contributed by atoms with Crippen molar-refractivity contribution in [2.45, 2.75) is 13.5 Å². The van der Waals surface area contributed by atoms with E-state index in [1.54, 1.807) is 0 Å². The topological polar surface area (TPSA) is 64.7 Å². The van der Waals surface area contributed by atoms with Crippen LogP contribution in [0.4, 0.5) is 4.79 Å². The zero-order valence-corrected chi connectivity index (χ0v) is 13.0. The summed E-state index contributed by atoms with van der Waals surface area (Å²) in [4.78, 5) is 28.0. The van der Waals surface area contributed by atoms with Gasteiger partial charge in [-0.3, -0.25) is 15.0 Å². The third kappa shape index (κ3) is 5.46. The Morgan fingerprint density at radius 1 is 1.05 bits per heavy atom. The van der Waals surface area contributed by atoms with E-state index in [0.717, 1.165) is 38.3 Å². The number of likely N-dealkylation sites (N-methyl/N-ethyl adjacent to an activating group) is 1. The van der Waals surface area contributed by atoms with Gasteiger partial charge >= 0.3 is 6.03 Å². The molecule has 0 aliphatic carbocycles. The Morgan fingerprint density at radius 3 is 2.32 bits per heavy atom. The second-order valence-electron chi connectivity index (χ2n) is 5.43. The lowest BCUT2D eigenvalue weighted by molar-refractivity contribution is -0.121. The van der Waals surface area contributed by atoms with Crippen molar-refractivity contribution < 1.29 is 9.59 Å². The van der Waals surface area contributed by atoms with Crippen LogP contribution in [0.15, 0.2) is 30.3 Å². The molecule has 1 aliphatic heterocycles. The molecule has 0 bridgehead atoms. The molecule has 6 heteroatoms. The molecule has 0 spiro atoms. The van der Waals surface area contributed by atoms with Crippen molar-refractivity contribution in [2.75, 3.05) is 39.3 Å². The zero-order valence-electron chi connectivity index (χ0n) is 13.0. The number of carbonyl (C=O) groups is 2. The van der Waals surface area contributed by atoms with E-state index in [1.165, 1.54) is 0 Å². The van der Waals surface area contributed by atoms with Gasteiger partial charge in [-0.1, -0.05) is 37.3 Å². The molecule has 0 unspecified atom stereocenters. The van der Waals surface area contributed by atoms with Crippen LogP contribution in [0.5, 0.6) is 0 Å². The first kappa shape index (κ1) is 16.5. The molecule has 120 valence electrons. The molecule has 2 N–H and O–H groups in total. The monoisotopic (exact) mass is 304 g/mol. The predicted octanol–water partition coefficient (Wildman–Crippen LogP) is 0.650. The van der Waals surface area contributed by atoms with E-state index in [1.807, 2.05) is 30.3 Å². The van der Waals surface area contributed by atoms with E-state index >= 15 is 0 Å². The molecule has 1 aliphatic rings. The fourth-order valence-electron chi connectivity index (χ4n) is 2.46. The maximum atomic E-state index is 11.9. The zero-order chi connectivity index (χ0) is 15.8. The van der Waals surface area contributed by atoms with Crippen LogP contribution in [-0.4, -0.2) is 61.0 Å². The van der Waals surface area contributed by atoms with E-state index in [2.05, 4.69) is 27.4 Å². The number of hydrogen-bond donors (Lipinski definition) is 2. The third-order valence-electron chi connectivity index (χ3n) is 3.83. The Bertz CT molecular complexity index is 484. The van der Waals surface area contributed by atoms with Crippen LogP contribution in [0.2, 0.25) is 0 Å². The molecule has 22 heavy (non-hydrogen) atoms. The van der Waals surface area contributed by atoms with E-state index in [0.29, 0.717) is 6.54 Å². The minimum Gasteiger partial charge on any atom is -0.334 e. The summed E-state index contributed by atoms with van der Waals surface area (Å²) in [5.74, 6) is -0.254. The van der Waals surface area contributed by atoms with Crippen molar-refractivity contribution in [3.05, 3.63) is 35.9 Å². The van der Waals surface area contributed by atoms with Gasteiger partial charge in [-0.25, -0.2) is 4.79 Å². The fraction of sp³-hybridized carbons (Fsp3) is 0.500. The van der Waals surface area contributed by atoms with Crippen LogP contribution in [-0.2, 0) is 11.3 Å². The average Bonchev–Trinajstić information content (AvgIpc) is 2.54. The highest BCUT2D eigenvalue weighted by atomic mass is 16.2. The number of imide groups is 1. The first-order chi connectivity index (χ1) is 10.7. The molecular formula is C16H24N4O2. The Labute approximate surface area is 131 Å². The number of amides is 3.